The average molecular weight is 705 g/mol. The van der Waals surface area contributed by atoms with E-state index >= 15 is 0 Å². The van der Waals surface area contributed by atoms with Crippen molar-refractivity contribution in [3.63, 3.8) is 0 Å². The Morgan fingerprint density at radius 2 is 1.87 bits per heavy atom. The molecule has 19 heteroatoms. The number of hydrogen-bond donors (Lipinski definition) is 4. The number of imide groups is 1. The smallest absolute Gasteiger partial charge is 0.355 e. The largest absolute Gasteiger partial charge is 0.455 e. The Morgan fingerprint density at radius 3 is 2.51 bits per heavy atom. The minimum absolute atomic E-state index is 0.00457. The van der Waals surface area contributed by atoms with E-state index in [9.17, 15) is 34.0 Å². The van der Waals surface area contributed by atoms with Gasteiger partial charge in [0.05, 0.1) is 6.20 Å². The first-order chi connectivity index (χ1) is 22.3. The molecule has 0 spiro atoms. The van der Waals surface area contributed by atoms with Crippen LogP contribution in [0.5, 0.6) is 0 Å². The van der Waals surface area contributed by atoms with Crippen molar-refractivity contribution in [1.29, 1.82) is 0 Å². The molecule has 2 fully saturated rings. The first-order valence-corrected chi connectivity index (χ1v) is 17.0. The number of hydrogen-bond acceptors (Lipinski definition) is 14. The monoisotopic (exact) mass is 704 g/mol. The van der Waals surface area contributed by atoms with Crippen LogP contribution in [0.2, 0.25) is 0 Å². The number of ether oxygens (including phenoxy) is 1. The molecule has 0 radical (unpaired) electrons. The molecule has 1 aromatic carbocycles. The summed E-state index contributed by atoms with van der Waals surface area (Å²) in [6.45, 7) is 5.10. The highest BCUT2D eigenvalue weighted by atomic mass is 32.2. The first-order valence-electron chi connectivity index (χ1n) is 14.2. The quantitative estimate of drug-likeness (QED) is 0.0710. The number of β-lactam (4-membered cyclic amide) rings is 1. The Hall–Kier alpha value is -4.04. The average Bonchev–Trinajstić information content (AvgIpc) is 3.56. The third-order valence-electron chi connectivity index (χ3n) is 7.31. The third-order valence-corrected chi connectivity index (χ3v) is 10.6. The number of piperazine rings is 1. The third kappa shape index (κ3) is 6.84. The Bertz CT molecular complexity index is 1620. The van der Waals surface area contributed by atoms with Gasteiger partial charge in [-0.15, -0.1) is 28.6 Å². The Kier molecular flexibility index (Phi) is 9.92. The summed E-state index contributed by atoms with van der Waals surface area (Å²) in [5.74, 6) is -3.85. The number of hydroxylamine groups is 1. The summed E-state index contributed by atoms with van der Waals surface area (Å²) in [4.78, 5) is 82.3. The molecule has 0 saturated carbocycles. The van der Waals surface area contributed by atoms with Gasteiger partial charge in [-0.05, 0) is 43.4 Å². The molecule has 3 aliphatic heterocycles. The van der Waals surface area contributed by atoms with Crippen LogP contribution < -0.4 is 16.1 Å². The van der Waals surface area contributed by atoms with Crippen molar-refractivity contribution < 1.29 is 38.7 Å². The summed E-state index contributed by atoms with van der Waals surface area (Å²) in [5, 5.41) is 18.2. The van der Waals surface area contributed by atoms with Crippen molar-refractivity contribution in [3.8, 4) is 0 Å². The maximum atomic E-state index is 13.9. The van der Waals surface area contributed by atoms with Gasteiger partial charge in [-0.25, -0.2) is 9.59 Å². The molecule has 2 saturated heterocycles. The van der Waals surface area contributed by atoms with Gasteiger partial charge in [0.25, 0.3) is 5.91 Å². The molecule has 5 rings (SSSR count). The molecule has 4 heterocycles. The molecule has 3 atom stereocenters. The summed E-state index contributed by atoms with van der Waals surface area (Å²) >= 11 is 3.77. The molecule has 16 nitrogen and oxygen atoms in total. The number of amides is 6. The van der Waals surface area contributed by atoms with Gasteiger partial charge in [-0.2, -0.15) is 5.48 Å². The summed E-state index contributed by atoms with van der Waals surface area (Å²) in [7, 11) is 1.43. The summed E-state index contributed by atoms with van der Waals surface area (Å²) in [6, 6.07) is 5.60. The maximum Gasteiger partial charge on any atom is 0.355 e. The highest BCUT2D eigenvalue weighted by Crippen LogP contribution is 2.46. The van der Waals surface area contributed by atoms with Crippen LogP contribution in [-0.2, 0) is 28.7 Å². The topological polar surface area (TPSA) is 203 Å². The van der Waals surface area contributed by atoms with Crippen molar-refractivity contribution in [2.24, 2.45) is 0 Å². The van der Waals surface area contributed by atoms with Crippen LogP contribution in [0.3, 0.4) is 0 Å². The second kappa shape index (κ2) is 13.6. The van der Waals surface area contributed by atoms with Crippen LogP contribution >= 0.6 is 35.1 Å². The standard InChI is InChI=1S/C28H32N8O8S3/c1-27(2,3)44-23(40)19-16(13-45-17-12-29-33-47-17)14-46-25-28(32-43,24(41)36(19)25)31-20(37)18(15-8-6-5-7-9-15)30-26(42)35-11-10-34(4)21(38)22(35)39/h5-9,12,18,25,32,43H,10-11,13-14H2,1-4H3,(H,30,42)(H,31,37)/t18?,25-,28+/m1/s1. The number of nitrogens with one attached hydrogen (secondary N) is 3. The van der Waals surface area contributed by atoms with Gasteiger partial charge < -0.3 is 25.5 Å². The van der Waals surface area contributed by atoms with Gasteiger partial charge in [-0.1, -0.05) is 34.8 Å². The lowest BCUT2D eigenvalue weighted by molar-refractivity contribution is -0.174. The fraction of sp³-hybridized carbons (Fsp3) is 0.429. The zero-order chi connectivity index (χ0) is 34.1. The van der Waals surface area contributed by atoms with E-state index in [2.05, 4.69) is 20.2 Å². The molecule has 1 unspecified atom stereocenters. The fourth-order valence-corrected chi connectivity index (χ4v) is 7.98. The van der Waals surface area contributed by atoms with Gasteiger partial charge in [0.2, 0.25) is 11.6 Å². The Labute approximate surface area is 281 Å². The minimum atomic E-state index is -2.09. The van der Waals surface area contributed by atoms with Crippen LogP contribution in [-0.4, -0.2) is 113 Å². The van der Waals surface area contributed by atoms with E-state index in [0.29, 0.717) is 21.8 Å². The second-order valence-corrected chi connectivity index (χ2v) is 14.8. The predicted molar refractivity (Wildman–Crippen MR) is 169 cm³/mol. The first kappa shape index (κ1) is 34.3. The van der Waals surface area contributed by atoms with Crippen LogP contribution in [0, 0.1) is 0 Å². The number of esters is 1. The molecule has 1 aromatic heterocycles. The Morgan fingerprint density at radius 1 is 1.15 bits per heavy atom. The maximum absolute atomic E-state index is 13.9. The summed E-state index contributed by atoms with van der Waals surface area (Å²) in [6.07, 6.45) is 1.59. The van der Waals surface area contributed by atoms with Gasteiger partial charge in [0, 0.05) is 31.6 Å². The zero-order valence-electron chi connectivity index (χ0n) is 25.7. The number of carbonyl (C=O) groups is 6. The van der Waals surface area contributed by atoms with Gasteiger partial charge in [0.1, 0.15) is 26.9 Å². The van der Waals surface area contributed by atoms with E-state index in [1.807, 2.05) is 5.48 Å². The molecule has 47 heavy (non-hydrogen) atoms. The Balaban J connectivity index is 1.41. The van der Waals surface area contributed by atoms with E-state index < -0.39 is 58.3 Å². The van der Waals surface area contributed by atoms with Gasteiger partial charge in [-0.3, -0.25) is 29.0 Å². The van der Waals surface area contributed by atoms with Crippen molar-refractivity contribution in [3.05, 3.63) is 53.4 Å². The van der Waals surface area contributed by atoms with Gasteiger partial charge >= 0.3 is 23.8 Å². The molecule has 0 bridgehead atoms. The van der Waals surface area contributed by atoms with Crippen molar-refractivity contribution in [2.45, 2.75) is 47.7 Å². The SMILES string of the molecule is CN1CCN(C(=O)NC(C(=O)N[C@]2(NO)C(=O)N3C(C(=O)OC(C)(C)C)=C(CSc4cnns4)CS[C@@H]32)c2ccccc2)C(=O)C1=O. The normalized spacial score (nSPS) is 22.0. The number of aromatic nitrogens is 2. The molecule has 6 amide bonds. The van der Waals surface area contributed by atoms with E-state index in [1.165, 1.54) is 51.9 Å². The van der Waals surface area contributed by atoms with E-state index in [1.54, 1.807) is 57.3 Å². The fourth-order valence-electron chi connectivity index (χ4n) is 5.01. The zero-order valence-corrected chi connectivity index (χ0v) is 28.2. The van der Waals surface area contributed by atoms with Crippen LogP contribution in [0.25, 0.3) is 0 Å². The number of rotatable bonds is 9. The summed E-state index contributed by atoms with van der Waals surface area (Å²) in [5.41, 5.74) is -0.120. The molecule has 2 aromatic rings. The summed E-state index contributed by atoms with van der Waals surface area (Å²) < 4.78 is 10.3. The highest BCUT2D eigenvalue weighted by Gasteiger charge is 2.66. The van der Waals surface area contributed by atoms with E-state index in [0.717, 1.165) is 4.21 Å². The number of benzene rings is 1. The second-order valence-electron chi connectivity index (χ2n) is 11.7. The van der Waals surface area contributed by atoms with Gasteiger partial charge in [0.15, 0.2) is 0 Å². The molecule has 250 valence electrons. The number of carbonyl (C=O) groups excluding carboxylic acids is 6. The highest BCUT2D eigenvalue weighted by molar-refractivity contribution is 8.01. The molecular weight excluding hydrogens is 673 g/mol. The van der Waals surface area contributed by atoms with E-state index in [-0.39, 0.29) is 24.5 Å². The van der Waals surface area contributed by atoms with Crippen molar-refractivity contribution in [2.75, 3.05) is 31.6 Å². The number of fused-ring (bicyclic) bond motifs is 1. The molecule has 0 aliphatic carbocycles. The molecule has 3 aliphatic rings. The number of nitrogens with zero attached hydrogens (tertiary/aromatic N) is 5. The predicted octanol–water partition coefficient (Wildman–Crippen LogP) is 0.684. The minimum Gasteiger partial charge on any atom is -0.455 e. The van der Waals surface area contributed by atoms with Crippen LogP contribution in [0.4, 0.5) is 4.79 Å². The number of thioether (sulfide) groups is 2. The molecular formula is C28H32N8O8S3. The van der Waals surface area contributed by atoms with Crippen LogP contribution in [0.15, 0.2) is 52.0 Å². The lowest BCUT2D eigenvalue weighted by Crippen LogP contribution is -2.85. The van der Waals surface area contributed by atoms with Crippen molar-refractivity contribution in [1.82, 2.24) is 40.4 Å². The lowest BCUT2D eigenvalue weighted by Gasteiger charge is -2.56. The number of likely N-dealkylation sites (N-methyl/N-ethyl adjacent to an activating group) is 1. The number of urea groups is 1. The lowest BCUT2D eigenvalue weighted by atomic mass is 9.94. The van der Waals surface area contributed by atoms with Crippen molar-refractivity contribution >= 4 is 70.7 Å². The van der Waals surface area contributed by atoms with E-state index in [4.69, 9.17) is 4.74 Å². The molecule has 4 N–H and O–H groups in total. The van der Waals surface area contributed by atoms with Crippen LogP contribution in [0.1, 0.15) is 32.4 Å².